The Morgan fingerprint density at radius 1 is 1.42 bits per heavy atom. The summed E-state index contributed by atoms with van der Waals surface area (Å²) in [5.41, 5.74) is 0.266. The largest absolute Gasteiger partial charge is 0.507 e. The molecule has 0 aliphatic heterocycles. The number of carboxylic acid groups (broad SMARTS) is 1. The minimum atomic E-state index is -1.06. The summed E-state index contributed by atoms with van der Waals surface area (Å²) in [7, 11) is 0. The Labute approximate surface area is 120 Å². The Morgan fingerprint density at radius 2 is 2.05 bits per heavy atom. The van der Waals surface area contributed by atoms with Crippen LogP contribution in [-0.4, -0.2) is 39.6 Å². The predicted molar refractivity (Wildman–Crippen MR) is 74.2 cm³/mol. The van der Waals surface area contributed by atoms with E-state index < -0.39 is 11.9 Å². The summed E-state index contributed by atoms with van der Waals surface area (Å²) in [6.45, 7) is 3.32. The van der Waals surface area contributed by atoms with Crippen molar-refractivity contribution in [2.45, 2.75) is 26.3 Å². The fourth-order valence-electron chi connectivity index (χ4n) is 1.61. The van der Waals surface area contributed by atoms with Crippen LogP contribution in [0, 0.1) is 0 Å². The van der Waals surface area contributed by atoms with Gasteiger partial charge in [-0.2, -0.15) is 0 Å². The number of rotatable bonds is 5. The van der Waals surface area contributed by atoms with Gasteiger partial charge in [-0.3, -0.25) is 9.59 Å². The van der Waals surface area contributed by atoms with E-state index >= 15 is 0 Å². The van der Waals surface area contributed by atoms with Crippen LogP contribution in [0.5, 0.6) is 5.75 Å². The molecule has 0 heterocycles. The second-order valence-electron chi connectivity index (χ2n) is 4.25. The van der Waals surface area contributed by atoms with Crippen molar-refractivity contribution in [1.29, 1.82) is 0 Å². The molecule has 1 atom stereocenters. The van der Waals surface area contributed by atoms with Crippen LogP contribution in [0.15, 0.2) is 22.7 Å². The fraction of sp³-hybridized carbons (Fsp3) is 0.385. The lowest BCUT2D eigenvalue weighted by atomic mass is 10.1. The predicted octanol–water partition coefficient (Wildman–Crippen LogP) is 2.48. The zero-order chi connectivity index (χ0) is 14.6. The van der Waals surface area contributed by atoms with E-state index in [-0.39, 0.29) is 23.9 Å². The number of halogens is 1. The fourth-order valence-corrected chi connectivity index (χ4v) is 1.85. The zero-order valence-corrected chi connectivity index (χ0v) is 12.3. The number of benzene rings is 1. The molecule has 1 aromatic rings. The molecule has 1 aromatic carbocycles. The van der Waals surface area contributed by atoms with Crippen LogP contribution in [0.4, 0.5) is 0 Å². The van der Waals surface area contributed by atoms with Gasteiger partial charge in [0, 0.05) is 11.6 Å². The SMILES string of the molecule is CCC(C)N(CC(=O)O)C(=O)c1ccc(Br)c(O)c1. The van der Waals surface area contributed by atoms with E-state index in [4.69, 9.17) is 5.11 Å². The number of aliphatic carboxylic acids is 1. The van der Waals surface area contributed by atoms with E-state index in [1.54, 1.807) is 19.1 Å². The van der Waals surface area contributed by atoms with Crippen molar-refractivity contribution in [3.05, 3.63) is 28.2 Å². The molecule has 19 heavy (non-hydrogen) atoms. The van der Waals surface area contributed by atoms with E-state index in [0.717, 1.165) is 0 Å². The van der Waals surface area contributed by atoms with E-state index in [9.17, 15) is 14.7 Å². The minimum absolute atomic E-state index is 0.0507. The maximum atomic E-state index is 12.3. The number of phenolic OH excluding ortho intramolecular Hbond substituents is 1. The molecule has 0 radical (unpaired) electrons. The zero-order valence-electron chi connectivity index (χ0n) is 10.8. The highest BCUT2D eigenvalue weighted by atomic mass is 79.9. The molecule has 0 aromatic heterocycles. The lowest BCUT2D eigenvalue weighted by Crippen LogP contribution is -2.41. The first kappa shape index (κ1) is 15.5. The first-order valence-electron chi connectivity index (χ1n) is 5.88. The normalized spacial score (nSPS) is 11.9. The standard InChI is InChI=1S/C13H16BrNO4/c1-3-8(2)15(7-12(17)18)13(19)9-4-5-10(14)11(16)6-9/h4-6,8,16H,3,7H2,1-2H3,(H,17,18). The van der Waals surface area contributed by atoms with Gasteiger partial charge in [0.15, 0.2) is 0 Å². The number of hydrogen-bond acceptors (Lipinski definition) is 3. The molecule has 0 bridgehead atoms. The van der Waals surface area contributed by atoms with Gasteiger partial charge in [-0.25, -0.2) is 0 Å². The van der Waals surface area contributed by atoms with E-state index in [0.29, 0.717) is 10.9 Å². The van der Waals surface area contributed by atoms with Gasteiger partial charge < -0.3 is 15.1 Å². The molecule has 0 saturated carbocycles. The lowest BCUT2D eigenvalue weighted by molar-refractivity contribution is -0.138. The summed E-state index contributed by atoms with van der Waals surface area (Å²) in [4.78, 5) is 24.4. The third-order valence-corrected chi connectivity index (χ3v) is 3.55. The summed E-state index contributed by atoms with van der Waals surface area (Å²) in [5.74, 6) is -1.51. The number of nitrogens with zero attached hydrogens (tertiary/aromatic N) is 1. The molecular weight excluding hydrogens is 314 g/mol. The third kappa shape index (κ3) is 3.96. The quantitative estimate of drug-likeness (QED) is 0.869. The van der Waals surface area contributed by atoms with Crippen LogP contribution in [-0.2, 0) is 4.79 Å². The average Bonchev–Trinajstić information content (AvgIpc) is 2.37. The van der Waals surface area contributed by atoms with Crippen LogP contribution in [0.1, 0.15) is 30.6 Å². The molecule has 2 N–H and O–H groups in total. The summed E-state index contributed by atoms with van der Waals surface area (Å²) in [6, 6.07) is 4.24. The Morgan fingerprint density at radius 3 is 2.53 bits per heavy atom. The van der Waals surface area contributed by atoms with Crippen molar-refractivity contribution in [3.8, 4) is 5.75 Å². The van der Waals surface area contributed by atoms with Gasteiger partial charge in [-0.05, 0) is 47.5 Å². The molecule has 0 spiro atoms. The first-order valence-corrected chi connectivity index (χ1v) is 6.67. The molecule has 0 aliphatic rings. The molecule has 0 fully saturated rings. The minimum Gasteiger partial charge on any atom is -0.507 e. The van der Waals surface area contributed by atoms with Gasteiger partial charge in [0.1, 0.15) is 12.3 Å². The van der Waals surface area contributed by atoms with Gasteiger partial charge in [-0.1, -0.05) is 6.92 Å². The highest BCUT2D eigenvalue weighted by Crippen LogP contribution is 2.25. The molecule has 0 aliphatic carbocycles. The summed E-state index contributed by atoms with van der Waals surface area (Å²) < 4.78 is 0.484. The van der Waals surface area contributed by atoms with Crippen LogP contribution >= 0.6 is 15.9 Å². The van der Waals surface area contributed by atoms with Crippen molar-refractivity contribution in [1.82, 2.24) is 4.90 Å². The molecule has 1 rings (SSSR count). The second-order valence-corrected chi connectivity index (χ2v) is 5.10. The van der Waals surface area contributed by atoms with Crippen LogP contribution < -0.4 is 0 Å². The third-order valence-electron chi connectivity index (χ3n) is 2.88. The molecule has 104 valence electrons. The van der Waals surface area contributed by atoms with E-state index in [1.807, 2.05) is 6.92 Å². The number of carbonyl (C=O) groups is 2. The van der Waals surface area contributed by atoms with Crippen molar-refractivity contribution < 1.29 is 19.8 Å². The molecule has 6 heteroatoms. The van der Waals surface area contributed by atoms with Gasteiger partial charge in [0.05, 0.1) is 4.47 Å². The van der Waals surface area contributed by atoms with Gasteiger partial charge in [0.25, 0.3) is 5.91 Å². The first-order chi connectivity index (χ1) is 8.86. The van der Waals surface area contributed by atoms with Crippen molar-refractivity contribution in [2.75, 3.05) is 6.54 Å². The lowest BCUT2D eigenvalue weighted by Gasteiger charge is -2.27. The Hall–Kier alpha value is -1.56. The average molecular weight is 330 g/mol. The van der Waals surface area contributed by atoms with Crippen LogP contribution in [0.25, 0.3) is 0 Å². The summed E-state index contributed by atoms with van der Waals surface area (Å²) in [5, 5.41) is 18.4. The number of hydrogen-bond donors (Lipinski definition) is 2. The molecule has 5 nitrogen and oxygen atoms in total. The monoisotopic (exact) mass is 329 g/mol. The number of carboxylic acids is 1. The molecule has 1 unspecified atom stereocenters. The molecular formula is C13H16BrNO4. The number of phenols is 1. The van der Waals surface area contributed by atoms with Crippen molar-refractivity contribution >= 4 is 27.8 Å². The van der Waals surface area contributed by atoms with E-state index in [1.165, 1.54) is 11.0 Å². The maximum Gasteiger partial charge on any atom is 0.323 e. The Bertz CT molecular complexity index is 490. The van der Waals surface area contributed by atoms with Gasteiger partial charge in [-0.15, -0.1) is 0 Å². The van der Waals surface area contributed by atoms with Crippen molar-refractivity contribution in [2.24, 2.45) is 0 Å². The molecule has 1 amide bonds. The van der Waals surface area contributed by atoms with Crippen LogP contribution in [0.3, 0.4) is 0 Å². The Kier molecular flexibility index (Phi) is 5.35. The van der Waals surface area contributed by atoms with E-state index in [2.05, 4.69) is 15.9 Å². The topological polar surface area (TPSA) is 77.8 Å². The summed E-state index contributed by atoms with van der Waals surface area (Å²) >= 11 is 3.13. The number of aromatic hydroxyl groups is 1. The number of amides is 1. The second kappa shape index (κ2) is 6.56. The van der Waals surface area contributed by atoms with Gasteiger partial charge in [0.2, 0.25) is 0 Å². The van der Waals surface area contributed by atoms with Gasteiger partial charge >= 0.3 is 5.97 Å². The number of carbonyl (C=O) groups excluding carboxylic acids is 1. The maximum absolute atomic E-state index is 12.3. The van der Waals surface area contributed by atoms with Crippen LogP contribution in [0.2, 0.25) is 0 Å². The molecule has 0 saturated heterocycles. The highest BCUT2D eigenvalue weighted by molar-refractivity contribution is 9.10. The summed E-state index contributed by atoms with van der Waals surface area (Å²) in [6.07, 6.45) is 0.654. The highest BCUT2D eigenvalue weighted by Gasteiger charge is 2.23. The Balaban J connectivity index is 3.04. The van der Waals surface area contributed by atoms with Crippen molar-refractivity contribution in [3.63, 3.8) is 0 Å². The smallest absolute Gasteiger partial charge is 0.323 e.